The average molecular weight is 154 g/mol. The van der Waals surface area contributed by atoms with E-state index in [9.17, 15) is 0 Å². The van der Waals surface area contributed by atoms with E-state index in [1.807, 2.05) is 0 Å². The summed E-state index contributed by atoms with van der Waals surface area (Å²) >= 11 is 0. The van der Waals surface area contributed by atoms with Crippen LogP contribution in [0.4, 0.5) is 0 Å². The Hall–Kier alpha value is 0. The second-order valence-corrected chi connectivity index (χ2v) is 4.79. The normalized spacial score (nSPS) is 46.6. The maximum Gasteiger partial charge on any atom is -0.0269 e. The van der Waals surface area contributed by atoms with Gasteiger partial charge in [-0.2, -0.15) is 0 Å². The van der Waals surface area contributed by atoms with Crippen molar-refractivity contribution in [2.24, 2.45) is 23.2 Å². The predicted molar refractivity (Wildman–Crippen MR) is 50.5 cm³/mol. The zero-order valence-corrected chi connectivity index (χ0v) is 8.65. The molecule has 4 unspecified atom stereocenters. The van der Waals surface area contributed by atoms with Crippen molar-refractivity contribution in [1.29, 1.82) is 0 Å². The van der Waals surface area contributed by atoms with E-state index in [1.54, 1.807) is 0 Å². The molecule has 0 saturated heterocycles. The summed E-state index contributed by atoms with van der Waals surface area (Å²) in [5.74, 6) is 2.82. The van der Waals surface area contributed by atoms with Crippen LogP contribution in [0.2, 0.25) is 0 Å². The number of hydrogen-bond donors (Lipinski definition) is 0. The van der Waals surface area contributed by atoms with Crippen LogP contribution in [-0.2, 0) is 0 Å². The van der Waals surface area contributed by atoms with E-state index in [0.29, 0.717) is 5.41 Å². The van der Waals surface area contributed by atoms with Crippen LogP contribution >= 0.6 is 0 Å². The van der Waals surface area contributed by atoms with E-state index in [4.69, 9.17) is 0 Å². The molecule has 1 fully saturated rings. The molecular formula is C11H22. The molecule has 0 N–H and O–H groups in total. The van der Waals surface area contributed by atoms with Crippen molar-refractivity contribution in [2.75, 3.05) is 0 Å². The van der Waals surface area contributed by atoms with Crippen molar-refractivity contribution in [3.63, 3.8) is 0 Å². The standard InChI is InChI=1S/C11H22/c1-6-9(3)11(5)7-8(2)10(11)4/h8-10H,6-7H2,1-5H3. The van der Waals surface area contributed by atoms with Crippen LogP contribution in [0.5, 0.6) is 0 Å². The van der Waals surface area contributed by atoms with E-state index in [1.165, 1.54) is 12.8 Å². The summed E-state index contributed by atoms with van der Waals surface area (Å²) in [5.41, 5.74) is 0.661. The van der Waals surface area contributed by atoms with Gasteiger partial charge in [-0.1, -0.05) is 41.0 Å². The number of rotatable bonds is 2. The smallest absolute Gasteiger partial charge is 0.0269 e. The fourth-order valence-electron chi connectivity index (χ4n) is 2.66. The Bertz CT molecular complexity index is 133. The molecule has 1 aliphatic rings. The quantitative estimate of drug-likeness (QED) is 0.568. The molecule has 0 bridgehead atoms. The molecule has 11 heavy (non-hydrogen) atoms. The fraction of sp³-hybridized carbons (Fsp3) is 1.00. The first-order chi connectivity index (χ1) is 5.02. The topological polar surface area (TPSA) is 0 Å². The minimum Gasteiger partial charge on any atom is -0.0651 e. The Morgan fingerprint density at radius 3 is 2.27 bits per heavy atom. The molecule has 0 amide bonds. The minimum absolute atomic E-state index is 0.661. The molecule has 0 heterocycles. The van der Waals surface area contributed by atoms with Crippen LogP contribution in [0.1, 0.15) is 47.5 Å². The minimum atomic E-state index is 0.661. The zero-order valence-electron chi connectivity index (χ0n) is 8.65. The van der Waals surface area contributed by atoms with Gasteiger partial charge in [-0.05, 0) is 29.6 Å². The van der Waals surface area contributed by atoms with Crippen LogP contribution in [0.25, 0.3) is 0 Å². The van der Waals surface area contributed by atoms with Crippen LogP contribution in [0.3, 0.4) is 0 Å². The van der Waals surface area contributed by atoms with Gasteiger partial charge in [0.2, 0.25) is 0 Å². The van der Waals surface area contributed by atoms with Gasteiger partial charge >= 0.3 is 0 Å². The molecule has 0 aromatic heterocycles. The van der Waals surface area contributed by atoms with Gasteiger partial charge in [0.25, 0.3) is 0 Å². The maximum atomic E-state index is 2.46. The summed E-state index contributed by atoms with van der Waals surface area (Å²) < 4.78 is 0. The SMILES string of the molecule is CCC(C)C1(C)CC(C)C1C. The molecule has 0 aliphatic heterocycles. The summed E-state index contributed by atoms with van der Waals surface area (Å²) in [7, 11) is 0. The van der Waals surface area contributed by atoms with E-state index >= 15 is 0 Å². The molecular weight excluding hydrogens is 132 g/mol. The van der Waals surface area contributed by atoms with Gasteiger partial charge in [0.05, 0.1) is 0 Å². The van der Waals surface area contributed by atoms with Gasteiger partial charge in [0.15, 0.2) is 0 Å². The summed E-state index contributed by atoms with van der Waals surface area (Å²) in [4.78, 5) is 0. The van der Waals surface area contributed by atoms with Crippen molar-refractivity contribution < 1.29 is 0 Å². The van der Waals surface area contributed by atoms with Crippen LogP contribution in [-0.4, -0.2) is 0 Å². The first kappa shape index (κ1) is 9.09. The average Bonchev–Trinajstić information content (AvgIpc) is 2.02. The first-order valence-electron chi connectivity index (χ1n) is 5.02. The first-order valence-corrected chi connectivity index (χ1v) is 5.02. The third-order valence-corrected chi connectivity index (χ3v) is 4.39. The Labute approximate surface area is 71.4 Å². The molecule has 1 aliphatic carbocycles. The second-order valence-electron chi connectivity index (χ2n) is 4.79. The van der Waals surface area contributed by atoms with Crippen LogP contribution in [0.15, 0.2) is 0 Å². The molecule has 0 aromatic carbocycles. The molecule has 0 radical (unpaired) electrons. The second kappa shape index (κ2) is 2.80. The van der Waals surface area contributed by atoms with Gasteiger partial charge in [0, 0.05) is 0 Å². The highest BCUT2D eigenvalue weighted by Crippen LogP contribution is 2.55. The predicted octanol–water partition coefficient (Wildman–Crippen LogP) is 3.71. The molecule has 1 rings (SSSR count). The monoisotopic (exact) mass is 154 g/mol. The maximum absolute atomic E-state index is 2.46. The van der Waals surface area contributed by atoms with Gasteiger partial charge in [-0.25, -0.2) is 0 Å². The summed E-state index contributed by atoms with van der Waals surface area (Å²) in [5, 5.41) is 0. The van der Waals surface area contributed by atoms with E-state index < -0.39 is 0 Å². The lowest BCUT2D eigenvalue weighted by Crippen LogP contribution is -2.47. The van der Waals surface area contributed by atoms with Crippen molar-refractivity contribution in [2.45, 2.75) is 47.5 Å². The Morgan fingerprint density at radius 2 is 2.00 bits per heavy atom. The Balaban J connectivity index is 2.56. The third kappa shape index (κ3) is 1.21. The molecule has 1 saturated carbocycles. The van der Waals surface area contributed by atoms with Crippen LogP contribution in [0, 0.1) is 23.2 Å². The molecule has 0 aromatic rings. The van der Waals surface area contributed by atoms with Gasteiger partial charge in [-0.3, -0.25) is 0 Å². The van der Waals surface area contributed by atoms with Crippen molar-refractivity contribution in [3.8, 4) is 0 Å². The zero-order chi connectivity index (χ0) is 8.65. The molecule has 66 valence electrons. The lowest BCUT2D eigenvalue weighted by Gasteiger charge is -2.54. The van der Waals surface area contributed by atoms with Gasteiger partial charge in [0.1, 0.15) is 0 Å². The highest BCUT2D eigenvalue weighted by atomic mass is 14.5. The lowest BCUT2D eigenvalue weighted by molar-refractivity contribution is -0.0519. The lowest BCUT2D eigenvalue weighted by atomic mass is 9.51. The molecule has 0 heteroatoms. The van der Waals surface area contributed by atoms with E-state index in [2.05, 4.69) is 34.6 Å². The van der Waals surface area contributed by atoms with E-state index in [-0.39, 0.29) is 0 Å². The summed E-state index contributed by atoms with van der Waals surface area (Å²) in [6.45, 7) is 12.0. The summed E-state index contributed by atoms with van der Waals surface area (Å²) in [6, 6.07) is 0. The number of hydrogen-bond acceptors (Lipinski definition) is 0. The van der Waals surface area contributed by atoms with E-state index in [0.717, 1.165) is 17.8 Å². The highest BCUT2D eigenvalue weighted by molar-refractivity contribution is 4.96. The molecule has 0 spiro atoms. The fourth-order valence-corrected chi connectivity index (χ4v) is 2.66. The van der Waals surface area contributed by atoms with Crippen molar-refractivity contribution in [3.05, 3.63) is 0 Å². The van der Waals surface area contributed by atoms with Crippen molar-refractivity contribution >= 4 is 0 Å². The molecule has 0 nitrogen and oxygen atoms in total. The van der Waals surface area contributed by atoms with Crippen molar-refractivity contribution in [1.82, 2.24) is 0 Å². The largest absolute Gasteiger partial charge is 0.0651 e. The third-order valence-electron chi connectivity index (χ3n) is 4.39. The molecule has 4 atom stereocenters. The Kier molecular flexibility index (Phi) is 2.32. The highest BCUT2D eigenvalue weighted by Gasteiger charge is 2.47. The van der Waals surface area contributed by atoms with Crippen LogP contribution < -0.4 is 0 Å². The summed E-state index contributed by atoms with van der Waals surface area (Å²) in [6.07, 6.45) is 2.79. The van der Waals surface area contributed by atoms with Gasteiger partial charge < -0.3 is 0 Å². The Morgan fingerprint density at radius 1 is 1.45 bits per heavy atom. The van der Waals surface area contributed by atoms with Gasteiger partial charge in [-0.15, -0.1) is 0 Å².